The van der Waals surface area contributed by atoms with Gasteiger partial charge in [0.15, 0.2) is 17.6 Å². The van der Waals surface area contributed by atoms with E-state index in [-0.39, 0.29) is 23.4 Å². The van der Waals surface area contributed by atoms with Crippen molar-refractivity contribution < 1.29 is 23.8 Å². The number of benzene rings is 2. The molecular formula is C23H20ClNO6. The number of hydrogen-bond donors (Lipinski definition) is 1. The number of hydrogen-bond acceptors (Lipinski definition) is 5. The number of carbonyl (C=O) groups excluding carboxylic acids is 1. The molecule has 31 heavy (non-hydrogen) atoms. The van der Waals surface area contributed by atoms with Gasteiger partial charge >= 0.3 is 5.97 Å². The molecule has 1 N–H and O–H groups in total. The Labute approximate surface area is 182 Å². The van der Waals surface area contributed by atoms with Gasteiger partial charge in [0.25, 0.3) is 5.91 Å². The van der Waals surface area contributed by atoms with Crippen molar-refractivity contribution in [3.8, 4) is 17.1 Å². The molecule has 1 aliphatic heterocycles. The van der Waals surface area contributed by atoms with E-state index < -0.39 is 17.9 Å². The van der Waals surface area contributed by atoms with Gasteiger partial charge in [-0.1, -0.05) is 23.7 Å². The fourth-order valence-corrected chi connectivity index (χ4v) is 3.99. The highest BCUT2D eigenvalue weighted by Crippen LogP contribution is 2.33. The molecule has 1 aliphatic rings. The lowest BCUT2D eigenvalue weighted by molar-refractivity contribution is -0.148. The molecule has 2 aromatic carbocycles. The van der Waals surface area contributed by atoms with E-state index in [1.54, 1.807) is 30.3 Å². The highest BCUT2D eigenvalue weighted by atomic mass is 35.5. The van der Waals surface area contributed by atoms with Crippen LogP contribution in [0, 0.1) is 6.92 Å². The number of nitrogens with zero attached hydrogens (tertiary/aromatic N) is 1. The zero-order valence-electron chi connectivity index (χ0n) is 16.8. The lowest BCUT2D eigenvalue weighted by Crippen LogP contribution is -2.42. The maximum Gasteiger partial charge on any atom is 0.326 e. The first-order chi connectivity index (χ1) is 14.8. The van der Waals surface area contributed by atoms with Crippen molar-refractivity contribution in [2.24, 2.45) is 0 Å². The van der Waals surface area contributed by atoms with Gasteiger partial charge in [0.05, 0.1) is 16.0 Å². The van der Waals surface area contributed by atoms with Gasteiger partial charge in [0.1, 0.15) is 17.6 Å². The third kappa shape index (κ3) is 4.14. The normalized spacial score (nSPS) is 15.9. The van der Waals surface area contributed by atoms with Gasteiger partial charge in [0, 0.05) is 12.6 Å². The Hall–Kier alpha value is -3.32. The first-order valence-corrected chi connectivity index (χ1v) is 10.2. The Morgan fingerprint density at radius 2 is 2.06 bits per heavy atom. The maximum atomic E-state index is 12.6. The maximum absolute atomic E-state index is 12.6. The molecule has 0 aliphatic carbocycles. The summed E-state index contributed by atoms with van der Waals surface area (Å²) in [7, 11) is 0. The van der Waals surface area contributed by atoms with Crippen LogP contribution in [0.1, 0.15) is 18.4 Å². The summed E-state index contributed by atoms with van der Waals surface area (Å²) < 4.78 is 11.7. The molecule has 3 aromatic rings. The van der Waals surface area contributed by atoms with Crippen LogP contribution in [-0.2, 0) is 9.59 Å². The number of carboxylic acids is 1. The fourth-order valence-electron chi connectivity index (χ4n) is 3.77. The number of likely N-dealkylation sites (tertiary alicyclic amines) is 1. The predicted octanol–water partition coefficient (Wildman–Crippen LogP) is 3.88. The number of aryl methyl sites for hydroxylation is 1. The second-order valence-corrected chi connectivity index (χ2v) is 7.87. The quantitative estimate of drug-likeness (QED) is 0.645. The number of halogens is 1. The van der Waals surface area contributed by atoms with Gasteiger partial charge in [-0.15, -0.1) is 0 Å². The van der Waals surface area contributed by atoms with Crippen LogP contribution in [0.5, 0.6) is 5.75 Å². The molecule has 0 saturated carbocycles. The Balaban J connectivity index is 1.65. The zero-order chi connectivity index (χ0) is 22.1. The lowest BCUT2D eigenvalue weighted by atomic mass is 10.1. The van der Waals surface area contributed by atoms with Crippen LogP contribution in [-0.4, -0.2) is 41.1 Å². The molecule has 1 atom stereocenters. The fraction of sp³-hybridized carbons (Fsp3) is 0.261. The highest BCUT2D eigenvalue weighted by molar-refractivity contribution is 6.34. The molecule has 0 spiro atoms. The zero-order valence-corrected chi connectivity index (χ0v) is 17.5. The smallest absolute Gasteiger partial charge is 0.326 e. The number of carboxylic acid groups (broad SMARTS) is 1. The minimum absolute atomic E-state index is 0.247. The largest absolute Gasteiger partial charge is 0.483 e. The number of aliphatic carboxylic acids is 1. The van der Waals surface area contributed by atoms with Gasteiger partial charge < -0.3 is 19.2 Å². The van der Waals surface area contributed by atoms with Crippen molar-refractivity contribution in [1.29, 1.82) is 0 Å². The minimum atomic E-state index is -1.02. The monoisotopic (exact) mass is 441 g/mol. The van der Waals surface area contributed by atoms with Crippen LogP contribution in [0.25, 0.3) is 22.3 Å². The van der Waals surface area contributed by atoms with E-state index in [0.29, 0.717) is 41.1 Å². The number of amides is 1. The summed E-state index contributed by atoms with van der Waals surface area (Å²) in [5.41, 5.74) is 1.41. The number of fused-ring (bicyclic) bond motifs is 1. The van der Waals surface area contributed by atoms with E-state index in [4.69, 9.17) is 20.8 Å². The molecule has 1 amide bonds. The number of carbonyl (C=O) groups is 2. The predicted molar refractivity (Wildman–Crippen MR) is 116 cm³/mol. The molecule has 1 saturated heterocycles. The number of ether oxygens (including phenoxy) is 1. The standard InChI is InChI=1S/C23H20ClNO6/c1-13-7-8-15(20-11-18(26)14-4-2-5-16(24)22(14)31-20)19(10-13)30-12-21(27)25-9-3-6-17(25)23(28)29/h2,4-5,7-8,10-11,17H,3,6,9,12H2,1H3,(H,28,29)/t17-/m1/s1. The second kappa shape index (κ2) is 8.43. The van der Waals surface area contributed by atoms with Crippen molar-refractivity contribution in [2.75, 3.05) is 13.2 Å². The van der Waals surface area contributed by atoms with Crippen molar-refractivity contribution in [2.45, 2.75) is 25.8 Å². The van der Waals surface area contributed by atoms with Crippen LogP contribution in [0.2, 0.25) is 5.02 Å². The first-order valence-electron chi connectivity index (χ1n) is 9.83. The number of rotatable bonds is 5. The summed E-state index contributed by atoms with van der Waals surface area (Å²) in [6, 6.07) is 10.8. The van der Waals surface area contributed by atoms with Crippen LogP contribution in [0.15, 0.2) is 51.7 Å². The van der Waals surface area contributed by atoms with E-state index in [1.165, 1.54) is 11.0 Å². The summed E-state index contributed by atoms with van der Waals surface area (Å²) in [5.74, 6) is -0.802. The van der Waals surface area contributed by atoms with E-state index >= 15 is 0 Å². The van der Waals surface area contributed by atoms with E-state index in [1.807, 2.05) is 13.0 Å². The Morgan fingerprint density at radius 3 is 2.84 bits per heavy atom. The van der Waals surface area contributed by atoms with Crippen LogP contribution >= 0.6 is 11.6 Å². The summed E-state index contributed by atoms with van der Waals surface area (Å²) >= 11 is 6.21. The van der Waals surface area contributed by atoms with Gasteiger partial charge in [-0.2, -0.15) is 0 Å². The molecule has 7 nitrogen and oxygen atoms in total. The summed E-state index contributed by atoms with van der Waals surface area (Å²) in [4.78, 5) is 37.8. The molecule has 0 bridgehead atoms. The Morgan fingerprint density at radius 1 is 1.26 bits per heavy atom. The van der Waals surface area contributed by atoms with Crippen molar-refractivity contribution >= 4 is 34.4 Å². The van der Waals surface area contributed by atoms with Crippen LogP contribution in [0.3, 0.4) is 0 Å². The van der Waals surface area contributed by atoms with E-state index in [9.17, 15) is 19.5 Å². The molecule has 0 radical (unpaired) electrons. The average Bonchev–Trinajstić information content (AvgIpc) is 3.23. The van der Waals surface area contributed by atoms with Crippen LogP contribution < -0.4 is 10.2 Å². The lowest BCUT2D eigenvalue weighted by Gasteiger charge is -2.22. The third-order valence-electron chi connectivity index (χ3n) is 5.32. The molecule has 4 rings (SSSR count). The molecule has 2 heterocycles. The highest BCUT2D eigenvalue weighted by Gasteiger charge is 2.34. The van der Waals surface area contributed by atoms with Gasteiger partial charge in [-0.3, -0.25) is 9.59 Å². The van der Waals surface area contributed by atoms with Crippen molar-refractivity contribution in [1.82, 2.24) is 4.90 Å². The number of para-hydroxylation sites is 1. The first kappa shape index (κ1) is 20.9. The SMILES string of the molecule is Cc1ccc(-c2cc(=O)c3cccc(Cl)c3o2)c(OCC(=O)N2CCC[C@@H]2C(=O)O)c1. The minimum Gasteiger partial charge on any atom is -0.483 e. The van der Waals surface area contributed by atoms with Crippen molar-refractivity contribution in [3.63, 3.8) is 0 Å². The average molecular weight is 442 g/mol. The van der Waals surface area contributed by atoms with Gasteiger partial charge in [0.2, 0.25) is 0 Å². The van der Waals surface area contributed by atoms with Gasteiger partial charge in [-0.05, 0) is 49.6 Å². The molecule has 8 heteroatoms. The summed E-state index contributed by atoms with van der Waals surface area (Å²) in [6.45, 7) is 1.93. The topological polar surface area (TPSA) is 97.0 Å². The van der Waals surface area contributed by atoms with Crippen LogP contribution in [0.4, 0.5) is 0 Å². The molecule has 0 unspecified atom stereocenters. The molecule has 1 aromatic heterocycles. The Kier molecular flexibility index (Phi) is 5.69. The molecular weight excluding hydrogens is 422 g/mol. The molecule has 160 valence electrons. The van der Waals surface area contributed by atoms with Crippen molar-refractivity contribution in [3.05, 3.63) is 63.3 Å². The summed E-state index contributed by atoms with van der Waals surface area (Å²) in [5, 5.41) is 9.98. The Bertz CT molecular complexity index is 1230. The summed E-state index contributed by atoms with van der Waals surface area (Å²) in [6.07, 6.45) is 1.07. The van der Waals surface area contributed by atoms with E-state index in [2.05, 4.69) is 0 Å². The third-order valence-corrected chi connectivity index (χ3v) is 5.62. The second-order valence-electron chi connectivity index (χ2n) is 7.46. The van der Waals surface area contributed by atoms with Gasteiger partial charge in [-0.25, -0.2) is 4.79 Å². The molecule has 1 fully saturated rings. The van der Waals surface area contributed by atoms with E-state index in [0.717, 1.165) is 5.56 Å².